The van der Waals surface area contributed by atoms with Crippen LogP contribution in [0.15, 0.2) is 23.1 Å². The van der Waals surface area contributed by atoms with Gasteiger partial charge < -0.3 is 24.0 Å². The van der Waals surface area contributed by atoms with Gasteiger partial charge in [0.05, 0.1) is 18.1 Å². The summed E-state index contributed by atoms with van der Waals surface area (Å²) in [7, 11) is -3.64. The van der Waals surface area contributed by atoms with Crippen LogP contribution in [0.2, 0.25) is 0 Å². The zero-order valence-corrected chi connectivity index (χ0v) is 15.8. The lowest BCUT2D eigenvalue weighted by Crippen LogP contribution is -2.55. The Bertz CT molecular complexity index is 801. The van der Waals surface area contributed by atoms with Gasteiger partial charge in [-0.2, -0.15) is 4.31 Å². The van der Waals surface area contributed by atoms with Crippen LogP contribution >= 0.6 is 0 Å². The Morgan fingerprint density at radius 3 is 2.15 bits per heavy atom. The molecule has 0 unspecified atom stereocenters. The number of ether oxygens (including phenoxy) is 3. The van der Waals surface area contributed by atoms with Crippen molar-refractivity contribution in [2.75, 3.05) is 65.7 Å². The topological polar surface area (TPSA) is 88.6 Å². The Morgan fingerprint density at radius 1 is 0.815 bits per heavy atom. The maximum Gasteiger partial charge on any atom is 0.320 e. The molecule has 1 aromatic rings. The van der Waals surface area contributed by atoms with Crippen molar-refractivity contribution in [3.8, 4) is 11.5 Å². The van der Waals surface area contributed by atoms with E-state index in [2.05, 4.69) is 0 Å². The van der Waals surface area contributed by atoms with Crippen LogP contribution in [0.25, 0.3) is 0 Å². The van der Waals surface area contributed by atoms with Crippen LogP contribution in [-0.4, -0.2) is 94.3 Å². The van der Waals surface area contributed by atoms with Gasteiger partial charge in [-0.1, -0.05) is 0 Å². The second kappa shape index (κ2) is 7.53. The summed E-state index contributed by atoms with van der Waals surface area (Å²) < 4.78 is 43.5. The second-order valence-corrected chi connectivity index (χ2v) is 8.52. The number of sulfonamides is 1. The van der Waals surface area contributed by atoms with Gasteiger partial charge in [-0.15, -0.1) is 0 Å². The second-order valence-electron chi connectivity index (χ2n) is 6.58. The van der Waals surface area contributed by atoms with E-state index in [1.54, 1.807) is 15.9 Å². The van der Waals surface area contributed by atoms with Crippen molar-refractivity contribution in [1.82, 2.24) is 14.1 Å². The first-order valence-electron chi connectivity index (χ1n) is 9.07. The molecular weight excluding hydrogens is 374 g/mol. The zero-order valence-electron chi connectivity index (χ0n) is 15.0. The number of carbonyl (C=O) groups is 1. The molecule has 2 fully saturated rings. The molecule has 148 valence electrons. The molecule has 0 aromatic heterocycles. The first-order valence-corrected chi connectivity index (χ1v) is 10.5. The molecule has 0 aliphatic carbocycles. The van der Waals surface area contributed by atoms with Gasteiger partial charge in [0.25, 0.3) is 0 Å². The van der Waals surface area contributed by atoms with Crippen molar-refractivity contribution < 1.29 is 27.4 Å². The third kappa shape index (κ3) is 3.69. The fraction of sp³-hybridized carbons (Fsp3) is 0.588. The molecule has 27 heavy (non-hydrogen) atoms. The van der Waals surface area contributed by atoms with Gasteiger partial charge in [-0.25, -0.2) is 13.2 Å². The zero-order chi connectivity index (χ0) is 18.9. The molecule has 3 heterocycles. The summed E-state index contributed by atoms with van der Waals surface area (Å²) in [4.78, 5) is 16.2. The van der Waals surface area contributed by atoms with E-state index in [-0.39, 0.29) is 24.0 Å². The van der Waals surface area contributed by atoms with E-state index >= 15 is 0 Å². The van der Waals surface area contributed by atoms with E-state index in [0.717, 1.165) is 0 Å². The van der Waals surface area contributed by atoms with Crippen LogP contribution in [0.3, 0.4) is 0 Å². The highest BCUT2D eigenvalue weighted by Crippen LogP contribution is 2.33. The first kappa shape index (κ1) is 18.3. The van der Waals surface area contributed by atoms with Crippen LogP contribution in [0.5, 0.6) is 11.5 Å². The van der Waals surface area contributed by atoms with Gasteiger partial charge in [0.15, 0.2) is 11.5 Å². The number of fused-ring (bicyclic) bond motifs is 1. The lowest BCUT2D eigenvalue weighted by Gasteiger charge is -2.38. The number of hydrogen-bond acceptors (Lipinski definition) is 6. The van der Waals surface area contributed by atoms with Crippen molar-refractivity contribution in [2.45, 2.75) is 4.90 Å². The van der Waals surface area contributed by atoms with Gasteiger partial charge in [0.2, 0.25) is 10.0 Å². The first-order chi connectivity index (χ1) is 13.1. The summed E-state index contributed by atoms with van der Waals surface area (Å²) in [6, 6.07) is 4.62. The molecule has 9 nitrogen and oxygen atoms in total. The number of urea groups is 1. The number of morpholine rings is 1. The van der Waals surface area contributed by atoms with Crippen LogP contribution < -0.4 is 9.47 Å². The van der Waals surface area contributed by atoms with E-state index in [1.807, 2.05) is 0 Å². The molecule has 0 saturated carbocycles. The average Bonchev–Trinajstić information content (AvgIpc) is 2.73. The Balaban J connectivity index is 1.41. The fourth-order valence-electron chi connectivity index (χ4n) is 3.41. The monoisotopic (exact) mass is 397 g/mol. The van der Waals surface area contributed by atoms with Gasteiger partial charge >= 0.3 is 6.03 Å². The van der Waals surface area contributed by atoms with Crippen LogP contribution in [0.1, 0.15) is 0 Å². The summed E-state index contributed by atoms with van der Waals surface area (Å²) in [6.07, 6.45) is 0. The third-order valence-electron chi connectivity index (χ3n) is 4.94. The van der Waals surface area contributed by atoms with E-state index in [0.29, 0.717) is 64.1 Å². The van der Waals surface area contributed by atoms with Crippen molar-refractivity contribution in [3.05, 3.63) is 18.2 Å². The largest absolute Gasteiger partial charge is 0.486 e. The maximum absolute atomic E-state index is 13.0. The van der Waals surface area contributed by atoms with Crippen molar-refractivity contribution in [2.24, 2.45) is 0 Å². The number of amides is 2. The Labute approximate surface area is 158 Å². The van der Waals surface area contributed by atoms with Crippen LogP contribution in [0, 0.1) is 0 Å². The highest BCUT2D eigenvalue weighted by Gasteiger charge is 2.32. The minimum absolute atomic E-state index is 0.0466. The summed E-state index contributed by atoms with van der Waals surface area (Å²) in [5, 5.41) is 0. The molecule has 2 saturated heterocycles. The lowest BCUT2D eigenvalue weighted by atomic mass is 10.3. The summed E-state index contributed by atoms with van der Waals surface area (Å²) >= 11 is 0. The van der Waals surface area contributed by atoms with E-state index in [1.165, 1.54) is 16.4 Å². The number of benzene rings is 1. The summed E-state index contributed by atoms with van der Waals surface area (Å²) in [5.41, 5.74) is 0. The average molecular weight is 397 g/mol. The molecule has 0 radical (unpaired) electrons. The van der Waals surface area contributed by atoms with Gasteiger partial charge in [0.1, 0.15) is 13.2 Å². The number of rotatable bonds is 2. The quantitative estimate of drug-likeness (QED) is 0.709. The predicted octanol–water partition coefficient (Wildman–Crippen LogP) is 0.216. The Morgan fingerprint density at radius 2 is 1.44 bits per heavy atom. The molecule has 3 aliphatic rings. The third-order valence-corrected chi connectivity index (χ3v) is 6.84. The molecule has 0 bridgehead atoms. The van der Waals surface area contributed by atoms with Gasteiger partial charge in [0, 0.05) is 45.3 Å². The van der Waals surface area contributed by atoms with E-state index in [9.17, 15) is 13.2 Å². The molecule has 2 amide bonds. The Hall–Kier alpha value is -2.04. The van der Waals surface area contributed by atoms with Gasteiger partial charge in [-0.05, 0) is 12.1 Å². The molecule has 0 spiro atoms. The molecule has 3 aliphatic heterocycles. The summed E-state index contributed by atoms with van der Waals surface area (Å²) in [6.45, 7) is 4.40. The molecule has 0 N–H and O–H groups in total. The minimum atomic E-state index is -3.64. The van der Waals surface area contributed by atoms with Gasteiger partial charge in [-0.3, -0.25) is 0 Å². The van der Waals surface area contributed by atoms with Crippen LogP contribution in [0.4, 0.5) is 4.79 Å². The van der Waals surface area contributed by atoms with Crippen molar-refractivity contribution in [3.63, 3.8) is 0 Å². The Kier molecular flexibility index (Phi) is 5.11. The minimum Gasteiger partial charge on any atom is -0.486 e. The normalized spacial score (nSPS) is 21.2. The van der Waals surface area contributed by atoms with Crippen molar-refractivity contribution >= 4 is 16.1 Å². The SMILES string of the molecule is O=C(N1CCOCC1)N1CCN(S(=O)(=O)c2ccc3c(c2)OCCO3)CC1. The lowest BCUT2D eigenvalue weighted by molar-refractivity contribution is 0.0405. The maximum atomic E-state index is 13.0. The molecule has 0 atom stereocenters. The number of hydrogen-bond donors (Lipinski definition) is 0. The van der Waals surface area contributed by atoms with E-state index in [4.69, 9.17) is 14.2 Å². The van der Waals surface area contributed by atoms with Crippen molar-refractivity contribution in [1.29, 1.82) is 0 Å². The van der Waals surface area contributed by atoms with E-state index < -0.39 is 10.0 Å². The fourth-order valence-corrected chi connectivity index (χ4v) is 4.85. The highest BCUT2D eigenvalue weighted by molar-refractivity contribution is 7.89. The van der Waals surface area contributed by atoms with Crippen LogP contribution in [-0.2, 0) is 14.8 Å². The number of nitrogens with zero attached hydrogens (tertiary/aromatic N) is 3. The number of carbonyl (C=O) groups excluding carboxylic acids is 1. The predicted molar refractivity (Wildman–Crippen MR) is 95.6 cm³/mol. The standard InChI is InChI=1S/C17H23N3O6S/c21-17(19-7-9-24-10-8-19)18-3-5-20(6-4-18)27(22,23)14-1-2-15-16(13-14)26-12-11-25-15/h1-2,13H,3-12H2. The summed E-state index contributed by atoms with van der Waals surface area (Å²) in [5.74, 6) is 1.00. The highest BCUT2D eigenvalue weighted by atomic mass is 32.2. The molecule has 4 rings (SSSR count). The smallest absolute Gasteiger partial charge is 0.320 e. The number of piperazine rings is 1. The molecule has 10 heteroatoms. The molecular formula is C17H23N3O6S. The molecule has 1 aromatic carbocycles.